The van der Waals surface area contributed by atoms with Crippen LogP contribution in [-0.2, 0) is 11.3 Å². The van der Waals surface area contributed by atoms with Gasteiger partial charge in [-0.2, -0.15) is 0 Å². The van der Waals surface area contributed by atoms with Crippen molar-refractivity contribution in [1.29, 1.82) is 0 Å². The number of hydrogen-bond donors (Lipinski definition) is 2. The van der Waals surface area contributed by atoms with E-state index in [-0.39, 0.29) is 11.6 Å². The van der Waals surface area contributed by atoms with Gasteiger partial charge in [-0.05, 0) is 18.6 Å². The second-order valence-electron chi connectivity index (χ2n) is 4.18. The average Bonchev–Trinajstić information content (AvgIpc) is 2.81. The lowest BCUT2D eigenvalue weighted by Crippen LogP contribution is -2.29. The highest BCUT2D eigenvalue weighted by molar-refractivity contribution is 5.82. The van der Waals surface area contributed by atoms with Crippen LogP contribution in [-0.4, -0.2) is 15.4 Å². The van der Waals surface area contributed by atoms with E-state index in [4.69, 9.17) is 5.84 Å². The number of nitro benzene ring substituents is 1. The predicted octanol–water partition coefficient (Wildman–Crippen LogP) is 1.32. The van der Waals surface area contributed by atoms with E-state index in [0.29, 0.717) is 19.4 Å². The summed E-state index contributed by atoms with van der Waals surface area (Å²) >= 11 is 0. The van der Waals surface area contributed by atoms with Crippen molar-refractivity contribution in [2.24, 2.45) is 5.84 Å². The topological polar surface area (TPSA) is 103 Å². The molecule has 1 heterocycles. The highest BCUT2D eigenvalue weighted by Gasteiger charge is 2.09. The summed E-state index contributed by atoms with van der Waals surface area (Å²) in [4.78, 5) is 21.3. The summed E-state index contributed by atoms with van der Waals surface area (Å²) in [7, 11) is 0. The van der Waals surface area contributed by atoms with Crippen molar-refractivity contribution < 1.29 is 9.72 Å². The fourth-order valence-corrected chi connectivity index (χ4v) is 1.96. The van der Waals surface area contributed by atoms with E-state index in [0.717, 1.165) is 10.9 Å². The molecule has 0 aliphatic heterocycles. The molecule has 0 saturated heterocycles. The molecule has 100 valence electrons. The first-order chi connectivity index (χ1) is 9.11. The minimum absolute atomic E-state index is 0.0622. The predicted molar refractivity (Wildman–Crippen MR) is 70.2 cm³/mol. The second-order valence-corrected chi connectivity index (χ2v) is 4.18. The minimum Gasteiger partial charge on any atom is -0.347 e. The Labute approximate surface area is 109 Å². The minimum atomic E-state index is -0.418. The molecule has 0 aliphatic rings. The smallest absolute Gasteiger partial charge is 0.271 e. The molecule has 0 spiro atoms. The Balaban J connectivity index is 2.16. The van der Waals surface area contributed by atoms with Crippen LogP contribution in [0, 0.1) is 10.1 Å². The first-order valence-corrected chi connectivity index (χ1v) is 5.84. The Bertz CT molecular complexity index is 620. The summed E-state index contributed by atoms with van der Waals surface area (Å²) in [5.74, 6) is 4.77. The van der Waals surface area contributed by atoms with Gasteiger partial charge in [-0.1, -0.05) is 0 Å². The van der Waals surface area contributed by atoms with Gasteiger partial charge >= 0.3 is 0 Å². The number of amides is 1. The summed E-state index contributed by atoms with van der Waals surface area (Å²) in [6.45, 7) is 0.609. The lowest BCUT2D eigenvalue weighted by atomic mass is 10.2. The first kappa shape index (κ1) is 13.0. The zero-order valence-corrected chi connectivity index (χ0v) is 10.2. The van der Waals surface area contributed by atoms with Crippen LogP contribution in [0.4, 0.5) is 5.69 Å². The van der Waals surface area contributed by atoms with Crippen molar-refractivity contribution in [3.05, 3.63) is 40.6 Å². The van der Waals surface area contributed by atoms with Crippen LogP contribution in [0.3, 0.4) is 0 Å². The fraction of sp³-hybridized carbons (Fsp3) is 0.250. The Morgan fingerprint density at radius 2 is 2.21 bits per heavy atom. The molecule has 0 fully saturated rings. The normalized spacial score (nSPS) is 10.6. The van der Waals surface area contributed by atoms with Gasteiger partial charge in [0.2, 0.25) is 5.91 Å². The quantitative estimate of drug-likeness (QED) is 0.367. The number of non-ortho nitro benzene ring substituents is 1. The molecule has 0 bridgehead atoms. The summed E-state index contributed by atoms with van der Waals surface area (Å²) < 4.78 is 1.89. The third-order valence-corrected chi connectivity index (χ3v) is 2.93. The van der Waals surface area contributed by atoms with Gasteiger partial charge in [0.1, 0.15) is 0 Å². The summed E-state index contributed by atoms with van der Waals surface area (Å²) in [6, 6.07) is 6.63. The number of rotatable bonds is 5. The zero-order valence-electron chi connectivity index (χ0n) is 10.2. The van der Waals surface area contributed by atoms with Crippen LogP contribution < -0.4 is 11.3 Å². The van der Waals surface area contributed by atoms with Crippen LogP contribution >= 0.6 is 0 Å². The maximum atomic E-state index is 11.0. The average molecular weight is 262 g/mol. The number of nitrogens with zero attached hydrogens (tertiary/aromatic N) is 2. The van der Waals surface area contributed by atoms with Crippen molar-refractivity contribution in [2.45, 2.75) is 19.4 Å². The molecule has 0 radical (unpaired) electrons. The van der Waals surface area contributed by atoms with Crippen LogP contribution in [0.15, 0.2) is 30.5 Å². The van der Waals surface area contributed by atoms with Crippen molar-refractivity contribution in [3.8, 4) is 0 Å². The summed E-state index contributed by atoms with van der Waals surface area (Å²) in [5, 5.41) is 11.7. The van der Waals surface area contributed by atoms with E-state index in [1.807, 2.05) is 16.8 Å². The lowest BCUT2D eigenvalue weighted by Gasteiger charge is -2.05. The third-order valence-electron chi connectivity index (χ3n) is 2.93. The number of nitrogens with one attached hydrogen (secondary N) is 1. The van der Waals surface area contributed by atoms with Crippen molar-refractivity contribution >= 4 is 22.5 Å². The molecule has 0 unspecified atom stereocenters. The summed E-state index contributed by atoms with van der Waals surface area (Å²) in [6.07, 6.45) is 2.80. The fourth-order valence-electron chi connectivity index (χ4n) is 1.96. The molecule has 2 aromatic rings. The highest BCUT2D eigenvalue weighted by Crippen LogP contribution is 2.22. The Morgan fingerprint density at radius 1 is 1.42 bits per heavy atom. The molecular formula is C12H14N4O3. The van der Waals surface area contributed by atoms with Crippen LogP contribution in [0.5, 0.6) is 0 Å². The number of nitro groups is 1. The Morgan fingerprint density at radius 3 is 2.89 bits per heavy atom. The molecule has 7 nitrogen and oxygen atoms in total. The molecule has 2 rings (SSSR count). The number of carbonyl (C=O) groups excluding carboxylic acids is 1. The van der Waals surface area contributed by atoms with Crippen molar-refractivity contribution in [2.75, 3.05) is 0 Å². The number of nitrogens with two attached hydrogens (primary N) is 1. The molecule has 7 heteroatoms. The zero-order chi connectivity index (χ0) is 13.8. The van der Waals surface area contributed by atoms with Gasteiger partial charge in [0.25, 0.3) is 5.69 Å². The van der Waals surface area contributed by atoms with Gasteiger partial charge < -0.3 is 4.57 Å². The van der Waals surface area contributed by atoms with Gasteiger partial charge in [-0.3, -0.25) is 20.3 Å². The van der Waals surface area contributed by atoms with E-state index < -0.39 is 4.92 Å². The monoisotopic (exact) mass is 262 g/mol. The van der Waals surface area contributed by atoms with Crippen molar-refractivity contribution in [3.63, 3.8) is 0 Å². The molecule has 0 saturated carbocycles. The van der Waals surface area contributed by atoms with Gasteiger partial charge in [-0.25, -0.2) is 5.84 Å². The molecule has 1 aromatic carbocycles. The highest BCUT2D eigenvalue weighted by atomic mass is 16.6. The van der Waals surface area contributed by atoms with E-state index in [9.17, 15) is 14.9 Å². The Hall–Kier alpha value is -2.41. The number of hydrazine groups is 1. The van der Waals surface area contributed by atoms with Gasteiger partial charge in [-0.15, -0.1) is 0 Å². The van der Waals surface area contributed by atoms with E-state index in [1.165, 1.54) is 6.07 Å². The maximum Gasteiger partial charge on any atom is 0.271 e. The number of carbonyl (C=O) groups is 1. The van der Waals surface area contributed by atoms with E-state index in [1.54, 1.807) is 12.1 Å². The SMILES string of the molecule is NNC(=O)CCCn1ccc2ccc([N+](=O)[O-])cc21. The summed E-state index contributed by atoms with van der Waals surface area (Å²) in [5.41, 5.74) is 2.92. The Kier molecular flexibility index (Phi) is 3.76. The number of aromatic nitrogens is 1. The maximum absolute atomic E-state index is 11.0. The van der Waals surface area contributed by atoms with Crippen LogP contribution in [0.1, 0.15) is 12.8 Å². The second kappa shape index (κ2) is 5.49. The lowest BCUT2D eigenvalue weighted by molar-refractivity contribution is -0.384. The van der Waals surface area contributed by atoms with E-state index >= 15 is 0 Å². The molecule has 19 heavy (non-hydrogen) atoms. The van der Waals surface area contributed by atoms with E-state index in [2.05, 4.69) is 5.43 Å². The van der Waals surface area contributed by atoms with Gasteiger partial charge in [0.05, 0.1) is 10.4 Å². The number of hydrogen-bond acceptors (Lipinski definition) is 4. The van der Waals surface area contributed by atoms with Crippen LogP contribution in [0.25, 0.3) is 10.9 Å². The molecule has 0 atom stereocenters. The molecular weight excluding hydrogens is 248 g/mol. The third kappa shape index (κ3) is 2.89. The van der Waals surface area contributed by atoms with Gasteiger partial charge in [0, 0.05) is 36.7 Å². The number of benzene rings is 1. The number of fused-ring (bicyclic) bond motifs is 1. The number of aryl methyl sites for hydroxylation is 1. The first-order valence-electron chi connectivity index (χ1n) is 5.84. The molecule has 1 amide bonds. The largest absolute Gasteiger partial charge is 0.347 e. The molecule has 3 N–H and O–H groups in total. The van der Waals surface area contributed by atoms with Gasteiger partial charge in [0.15, 0.2) is 0 Å². The van der Waals surface area contributed by atoms with Crippen molar-refractivity contribution in [1.82, 2.24) is 9.99 Å². The van der Waals surface area contributed by atoms with Crippen LogP contribution in [0.2, 0.25) is 0 Å². The standard InChI is InChI=1S/C12H14N4O3/c13-14-12(17)2-1-6-15-7-5-9-3-4-10(16(18)19)8-11(9)15/h3-5,7-8H,1-2,6,13H2,(H,14,17). The molecule has 1 aromatic heterocycles. The molecule has 0 aliphatic carbocycles.